The van der Waals surface area contributed by atoms with Crippen LogP contribution < -0.4 is 5.32 Å². The van der Waals surface area contributed by atoms with Gasteiger partial charge in [-0.05, 0) is 31.2 Å². The van der Waals surface area contributed by atoms with Crippen molar-refractivity contribution in [2.45, 2.75) is 6.92 Å². The lowest BCUT2D eigenvalue weighted by atomic mass is 10.1. The van der Waals surface area contributed by atoms with E-state index in [4.69, 9.17) is 0 Å². The van der Waals surface area contributed by atoms with Crippen molar-refractivity contribution in [1.29, 1.82) is 0 Å². The summed E-state index contributed by atoms with van der Waals surface area (Å²) in [4.78, 5) is 16.1. The number of hydrogen-bond donors (Lipinski definition) is 2. The first-order valence-corrected chi connectivity index (χ1v) is 6.56. The molecule has 3 rings (SSSR count). The minimum atomic E-state index is -0.178. The van der Waals surface area contributed by atoms with E-state index in [1.165, 1.54) is 0 Å². The van der Waals surface area contributed by atoms with E-state index in [1.807, 2.05) is 31.2 Å². The number of amides is 1. The van der Waals surface area contributed by atoms with Gasteiger partial charge in [-0.3, -0.25) is 14.9 Å². The molecule has 0 radical (unpaired) electrons. The van der Waals surface area contributed by atoms with Gasteiger partial charge in [-0.1, -0.05) is 17.7 Å². The second-order valence-corrected chi connectivity index (χ2v) is 4.72. The van der Waals surface area contributed by atoms with Gasteiger partial charge in [0.05, 0.1) is 5.69 Å². The van der Waals surface area contributed by atoms with Gasteiger partial charge in [0.15, 0.2) is 5.82 Å². The number of aromatic nitrogens is 3. The molecule has 2 N–H and O–H groups in total. The zero-order chi connectivity index (χ0) is 14.7. The Kier molecular flexibility index (Phi) is 3.47. The van der Waals surface area contributed by atoms with Gasteiger partial charge in [-0.15, -0.1) is 0 Å². The maximum atomic E-state index is 12.1. The predicted octanol–water partition coefficient (Wildman–Crippen LogP) is 3.03. The van der Waals surface area contributed by atoms with Crippen LogP contribution in [0.1, 0.15) is 15.9 Å². The molecule has 0 aliphatic rings. The average molecular weight is 278 g/mol. The Hall–Kier alpha value is -2.95. The highest BCUT2D eigenvalue weighted by molar-refractivity contribution is 6.03. The number of rotatable bonds is 3. The first-order chi connectivity index (χ1) is 10.2. The molecule has 0 atom stereocenters. The molecule has 1 amide bonds. The van der Waals surface area contributed by atoms with Gasteiger partial charge < -0.3 is 5.32 Å². The molecule has 0 aliphatic heterocycles. The number of aryl methyl sites for hydroxylation is 1. The molecule has 2 aromatic heterocycles. The third-order valence-electron chi connectivity index (χ3n) is 3.12. The predicted molar refractivity (Wildman–Crippen MR) is 81.0 cm³/mol. The van der Waals surface area contributed by atoms with Crippen molar-refractivity contribution in [2.24, 2.45) is 0 Å². The van der Waals surface area contributed by atoms with E-state index >= 15 is 0 Å². The number of H-pyrrole nitrogens is 1. The molecule has 5 heteroatoms. The van der Waals surface area contributed by atoms with Crippen LogP contribution in [0.4, 0.5) is 5.82 Å². The van der Waals surface area contributed by atoms with Crippen LogP contribution in [0.15, 0.2) is 54.9 Å². The Morgan fingerprint density at radius 1 is 1.10 bits per heavy atom. The zero-order valence-electron chi connectivity index (χ0n) is 11.5. The number of nitrogens with one attached hydrogen (secondary N) is 2. The highest BCUT2D eigenvalue weighted by Gasteiger charge is 2.09. The second kappa shape index (κ2) is 5.58. The Balaban J connectivity index is 1.75. The van der Waals surface area contributed by atoms with Crippen molar-refractivity contribution in [3.05, 3.63) is 66.0 Å². The van der Waals surface area contributed by atoms with E-state index in [1.54, 1.807) is 30.6 Å². The molecule has 2 heterocycles. The van der Waals surface area contributed by atoms with Crippen LogP contribution in [0.2, 0.25) is 0 Å². The highest BCUT2D eigenvalue weighted by Crippen LogP contribution is 2.19. The number of carbonyl (C=O) groups is 1. The number of carbonyl (C=O) groups excluding carboxylic acids is 1. The summed E-state index contributed by atoms with van der Waals surface area (Å²) in [5.41, 5.74) is 3.52. The standard InChI is InChI=1S/C16H14N4O/c1-11-2-4-13(5-3-11)16(21)18-15-10-14(19-20-15)12-6-8-17-9-7-12/h2-10H,1H3,(H2,18,19,20,21). The van der Waals surface area contributed by atoms with Crippen LogP contribution in [0.3, 0.4) is 0 Å². The van der Waals surface area contributed by atoms with E-state index < -0.39 is 0 Å². The van der Waals surface area contributed by atoms with Crippen LogP contribution >= 0.6 is 0 Å². The molecule has 3 aromatic rings. The number of hydrogen-bond acceptors (Lipinski definition) is 3. The number of nitrogens with zero attached hydrogens (tertiary/aromatic N) is 2. The fraction of sp³-hybridized carbons (Fsp3) is 0.0625. The summed E-state index contributed by atoms with van der Waals surface area (Å²) in [6, 6.07) is 12.9. The van der Waals surface area contributed by atoms with Crippen LogP contribution in [0.25, 0.3) is 11.3 Å². The van der Waals surface area contributed by atoms with Crippen molar-refractivity contribution in [2.75, 3.05) is 5.32 Å². The van der Waals surface area contributed by atoms with Gasteiger partial charge in [-0.25, -0.2) is 0 Å². The molecule has 0 bridgehead atoms. The number of aromatic amines is 1. The maximum Gasteiger partial charge on any atom is 0.256 e. The maximum absolute atomic E-state index is 12.1. The topological polar surface area (TPSA) is 70.7 Å². The molecule has 1 aromatic carbocycles. The Labute approximate surface area is 122 Å². The molecule has 0 spiro atoms. The fourth-order valence-electron chi connectivity index (χ4n) is 1.96. The van der Waals surface area contributed by atoms with E-state index in [-0.39, 0.29) is 5.91 Å². The summed E-state index contributed by atoms with van der Waals surface area (Å²) in [6.07, 6.45) is 3.42. The zero-order valence-corrected chi connectivity index (χ0v) is 11.5. The summed E-state index contributed by atoms with van der Waals surface area (Å²) in [7, 11) is 0. The minimum absolute atomic E-state index is 0.178. The van der Waals surface area contributed by atoms with Gasteiger partial charge in [0, 0.05) is 29.6 Å². The van der Waals surface area contributed by atoms with Crippen LogP contribution in [-0.2, 0) is 0 Å². The van der Waals surface area contributed by atoms with Crippen molar-refractivity contribution < 1.29 is 4.79 Å². The van der Waals surface area contributed by atoms with Crippen LogP contribution in [0.5, 0.6) is 0 Å². The lowest BCUT2D eigenvalue weighted by Crippen LogP contribution is -2.11. The first-order valence-electron chi connectivity index (χ1n) is 6.56. The van der Waals surface area contributed by atoms with Gasteiger partial charge >= 0.3 is 0 Å². The quantitative estimate of drug-likeness (QED) is 0.773. The number of anilines is 1. The number of benzene rings is 1. The summed E-state index contributed by atoms with van der Waals surface area (Å²) in [5, 5.41) is 9.76. The summed E-state index contributed by atoms with van der Waals surface area (Å²) in [6.45, 7) is 1.98. The third kappa shape index (κ3) is 2.97. The van der Waals surface area contributed by atoms with Crippen molar-refractivity contribution in [3.8, 4) is 11.3 Å². The van der Waals surface area contributed by atoms with Gasteiger partial charge in [0.2, 0.25) is 0 Å². The van der Waals surface area contributed by atoms with E-state index in [9.17, 15) is 4.79 Å². The largest absolute Gasteiger partial charge is 0.305 e. The Bertz CT molecular complexity index is 747. The molecule has 0 saturated carbocycles. The van der Waals surface area contributed by atoms with Gasteiger partial charge in [-0.2, -0.15) is 5.10 Å². The van der Waals surface area contributed by atoms with E-state index in [0.29, 0.717) is 11.4 Å². The summed E-state index contributed by atoms with van der Waals surface area (Å²) >= 11 is 0. The molecule has 0 unspecified atom stereocenters. The molecular formula is C16H14N4O. The lowest BCUT2D eigenvalue weighted by Gasteiger charge is -2.01. The third-order valence-corrected chi connectivity index (χ3v) is 3.12. The summed E-state index contributed by atoms with van der Waals surface area (Å²) in [5.74, 6) is 0.315. The van der Waals surface area contributed by atoms with E-state index in [0.717, 1.165) is 16.8 Å². The molecule has 0 aliphatic carbocycles. The smallest absolute Gasteiger partial charge is 0.256 e. The Morgan fingerprint density at radius 3 is 2.52 bits per heavy atom. The molecule has 5 nitrogen and oxygen atoms in total. The van der Waals surface area contributed by atoms with Gasteiger partial charge in [0.1, 0.15) is 0 Å². The molecule has 0 saturated heterocycles. The van der Waals surface area contributed by atoms with Crippen LogP contribution in [0, 0.1) is 6.92 Å². The Morgan fingerprint density at radius 2 is 1.81 bits per heavy atom. The fourth-order valence-corrected chi connectivity index (χ4v) is 1.96. The second-order valence-electron chi connectivity index (χ2n) is 4.72. The lowest BCUT2D eigenvalue weighted by molar-refractivity contribution is 0.102. The van der Waals surface area contributed by atoms with E-state index in [2.05, 4.69) is 20.5 Å². The average Bonchev–Trinajstić information content (AvgIpc) is 2.97. The van der Waals surface area contributed by atoms with Crippen molar-refractivity contribution in [1.82, 2.24) is 15.2 Å². The van der Waals surface area contributed by atoms with Crippen molar-refractivity contribution in [3.63, 3.8) is 0 Å². The minimum Gasteiger partial charge on any atom is -0.305 e. The monoisotopic (exact) mass is 278 g/mol. The first kappa shape index (κ1) is 13.1. The number of pyridine rings is 1. The highest BCUT2D eigenvalue weighted by atomic mass is 16.1. The van der Waals surface area contributed by atoms with Gasteiger partial charge in [0.25, 0.3) is 5.91 Å². The normalized spacial score (nSPS) is 10.3. The van der Waals surface area contributed by atoms with Crippen molar-refractivity contribution >= 4 is 11.7 Å². The molecular weight excluding hydrogens is 264 g/mol. The molecule has 104 valence electrons. The summed E-state index contributed by atoms with van der Waals surface area (Å²) < 4.78 is 0. The van der Waals surface area contributed by atoms with Crippen LogP contribution in [-0.4, -0.2) is 21.1 Å². The molecule has 21 heavy (non-hydrogen) atoms. The SMILES string of the molecule is Cc1ccc(C(=O)Nc2cc(-c3ccncc3)[nH]n2)cc1. The molecule has 0 fully saturated rings.